The first-order chi connectivity index (χ1) is 7.63. The van der Waals surface area contributed by atoms with E-state index < -0.39 is 11.9 Å². The molecule has 0 aromatic carbocycles. The van der Waals surface area contributed by atoms with E-state index in [9.17, 15) is 9.59 Å². The summed E-state index contributed by atoms with van der Waals surface area (Å²) in [5.41, 5.74) is -0.277. The van der Waals surface area contributed by atoms with Crippen LogP contribution >= 0.6 is 0 Å². The number of nitrogens with one attached hydrogen (secondary N) is 1. The van der Waals surface area contributed by atoms with Gasteiger partial charge in [-0.2, -0.15) is 0 Å². The van der Waals surface area contributed by atoms with Crippen LogP contribution in [0.15, 0.2) is 6.33 Å². The van der Waals surface area contributed by atoms with Gasteiger partial charge in [0.25, 0.3) is 5.91 Å². The van der Waals surface area contributed by atoms with E-state index in [2.05, 4.69) is 9.97 Å². The number of aliphatic hydroxyl groups is 1. The van der Waals surface area contributed by atoms with E-state index in [1.54, 1.807) is 0 Å². The fraction of sp³-hybridized carbons (Fsp3) is 0.444. The normalized spacial score (nSPS) is 15.9. The molecule has 0 spiro atoms. The lowest BCUT2D eigenvalue weighted by Gasteiger charge is -2.37. The van der Waals surface area contributed by atoms with Gasteiger partial charge in [0, 0.05) is 25.6 Å². The van der Waals surface area contributed by atoms with Gasteiger partial charge in [-0.05, 0) is 0 Å². The Morgan fingerprint density at radius 1 is 1.56 bits per heavy atom. The molecule has 0 radical (unpaired) electrons. The third-order valence-corrected chi connectivity index (χ3v) is 2.56. The number of carbonyl (C=O) groups is 2. The molecule has 1 saturated heterocycles. The lowest BCUT2D eigenvalue weighted by Crippen LogP contribution is -2.51. The highest BCUT2D eigenvalue weighted by Crippen LogP contribution is 2.18. The van der Waals surface area contributed by atoms with E-state index in [0.717, 1.165) is 0 Å². The monoisotopic (exact) mass is 225 g/mol. The maximum atomic E-state index is 11.8. The van der Waals surface area contributed by atoms with E-state index in [1.165, 1.54) is 11.2 Å². The smallest absolute Gasteiger partial charge is 0.354 e. The molecule has 86 valence electrons. The molecule has 0 bridgehead atoms. The summed E-state index contributed by atoms with van der Waals surface area (Å²) in [5, 5.41) is 17.6. The molecule has 1 amide bonds. The molecule has 2 heterocycles. The van der Waals surface area contributed by atoms with Crippen LogP contribution in [0.2, 0.25) is 0 Å². The predicted molar refractivity (Wildman–Crippen MR) is 52.0 cm³/mol. The number of rotatable bonds is 3. The Balaban J connectivity index is 2.10. The zero-order valence-corrected chi connectivity index (χ0v) is 8.38. The molecule has 1 fully saturated rings. The number of likely N-dealkylation sites (tertiary alicyclic amines) is 1. The summed E-state index contributed by atoms with van der Waals surface area (Å²) in [7, 11) is 0. The van der Waals surface area contributed by atoms with Crippen LogP contribution in [0.5, 0.6) is 0 Å². The molecule has 1 aliphatic rings. The number of nitrogens with zero attached hydrogens (tertiary/aromatic N) is 2. The highest BCUT2D eigenvalue weighted by molar-refractivity contribution is 6.02. The number of carbonyl (C=O) groups excluding carboxylic acids is 1. The number of aliphatic hydroxyl groups excluding tert-OH is 1. The number of carboxylic acid groups (broad SMARTS) is 1. The van der Waals surface area contributed by atoms with Crippen molar-refractivity contribution in [2.45, 2.75) is 0 Å². The molecule has 0 saturated carbocycles. The molecule has 0 unspecified atom stereocenters. The molecule has 16 heavy (non-hydrogen) atoms. The Hall–Kier alpha value is -1.89. The summed E-state index contributed by atoms with van der Waals surface area (Å²) in [6, 6.07) is 0. The van der Waals surface area contributed by atoms with Gasteiger partial charge in [-0.25, -0.2) is 9.78 Å². The number of imidazole rings is 1. The van der Waals surface area contributed by atoms with Crippen molar-refractivity contribution in [3.05, 3.63) is 17.7 Å². The summed E-state index contributed by atoms with van der Waals surface area (Å²) in [5.74, 6) is -1.53. The van der Waals surface area contributed by atoms with Gasteiger partial charge in [-0.1, -0.05) is 0 Å². The Morgan fingerprint density at radius 2 is 2.25 bits per heavy atom. The minimum atomic E-state index is -1.21. The molecule has 1 aromatic rings. The largest absolute Gasteiger partial charge is 0.477 e. The molecule has 0 aliphatic carbocycles. The van der Waals surface area contributed by atoms with E-state index >= 15 is 0 Å². The summed E-state index contributed by atoms with van der Waals surface area (Å²) in [4.78, 5) is 30.1. The van der Waals surface area contributed by atoms with Gasteiger partial charge < -0.3 is 20.1 Å². The number of hydrogen-bond acceptors (Lipinski definition) is 4. The second-order valence-corrected chi connectivity index (χ2v) is 3.69. The number of aromatic amines is 1. The SMILES string of the molecule is O=C(O)c1[nH]cnc1C(=O)N1CC(CO)C1. The van der Waals surface area contributed by atoms with Crippen LogP contribution < -0.4 is 0 Å². The average Bonchev–Trinajstić information content (AvgIpc) is 2.63. The molecular formula is C9H11N3O4. The van der Waals surface area contributed by atoms with Gasteiger partial charge in [-0.15, -0.1) is 0 Å². The summed E-state index contributed by atoms with van der Waals surface area (Å²) in [6.07, 6.45) is 1.18. The molecule has 7 nitrogen and oxygen atoms in total. The van der Waals surface area contributed by atoms with Gasteiger partial charge >= 0.3 is 5.97 Å². The second-order valence-electron chi connectivity index (χ2n) is 3.69. The van der Waals surface area contributed by atoms with E-state index in [0.29, 0.717) is 13.1 Å². The molecule has 1 aliphatic heterocycles. The molecule has 7 heteroatoms. The number of carboxylic acids is 1. The lowest BCUT2D eigenvalue weighted by molar-refractivity contribution is 0.0352. The van der Waals surface area contributed by atoms with Crippen molar-refractivity contribution in [3.63, 3.8) is 0 Å². The first-order valence-electron chi connectivity index (χ1n) is 4.80. The van der Waals surface area contributed by atoms with E-state index in [-0.39, 0.29) is 23.9 Å². The average molecular weight is 225 g/mol. The Morgan fingerprint density at radius 3 is 2.81 bits per heavy atom. The van der Waals surface area contributed by atoms with Crippen LogP contribution in [-0.2, 0) is 0 Å². The minimum absolute atomic E-state index is 0.0378. The van der Waals surface area contributed by atoms with Gasteiger partial charge in [0.05, 0.1) is 6.33 Å². The highest BCUT2D eigenvalue weighted by Gasteiger charge is 2.33. The third-order valence-electron chi connectivity index (χ3n) is 2.56. The standard InChI is InChI=1S/C9H11N3O4/c13-3-5-1-12(2-5)8(14)6-7(9(15)16)11-4-10-6/h4-5,13H,1-3H2,(H,10,11)(H,15,16). The number of amides is 1. The predicted octanol–water partition coefficient (Wildman–Crippen LogP) is -0.828. The van der Waals surface area contributed by atoms with Crippen molar-refractivity contribution in [1.82, 2.24) is 14.9 Å². The highest BCUT2D eigenvalue weighted by atomic mass is 16.4. The van der Waals surface area contributed by atoms with Crippen LogP contribution in [0.4, 0.5) is 0 Å². The Labute approximate surface area is 90.7 Å². The molecule has 3 N–H and O–H groups in total. The minimum Gasteiger partial charge on any atom is -0.477 e. The summed E-state index contributed by atoms with van der Waals surface area (Å²) in [6.45, 7) is 0.929. The Bertz CT molecular complexity index is 422. The van der Waals surface area contributed by atoms with Gasteiger partial charge in [-0.3, -0.25) is 4.79 Å². The summed E-state index contributed by atoms with van der Waals surface area (Å²) >= 11 is 0. The van der Waals surface area contributed by atoms with Gasteiger partial charge in [0.1, 0.15) is 0 Å². The van der Waals surface area contributed by atoms with Crippen molar-refractivity contribution in [3.8, 4) is 0 Å². The van der Waals surface area contributed by atoms with Crippen molar-refractivity contribution >= 4 is 11.9 Å². The molecular weight excluding hydrogens is 214 g/mol. The number of aromatic carboxylic acids is 1. The maximum absolute atomic E-state index is 11.8. The zero-order chi connectivity index (χ0) is 11.7. The van der Waals surface area contributed by atoms with E-state index in [1.807, 2.05) is 0 Å². The van der Waals surface area contributed by atoms with Crippen molar-refractivity contribution < 1.29 is 19.8 Å². The third kappa shape index (κ3) is 1.65. The first-order valence-corrected chi connectivity index (χ1v) is 4.80. The molecule has 0 atom stereocenters. The van der Waals surface area contributed by atoms with Gasteiger partial charge in [0.2, 0.25) is 0 Å². The number of hydrogen-bond donors (Lipinski definition) is 3. The summed E-state index contributed by atoms with van der Waals surface area (Å²) < 4.78 is 0. The molecule has 1 aromatic heterocycles. The zero-order valence-electron chi connectivity index (χ0n) is 8.38. The van der Waals surface area contributed by atoms with Gasteiger partial charge in [0.15, 0.2) is 11.4 Å². The van der Waals surface area contributed by atoms with Crippen LogP contribution in [0, 0.1) is 5.92 Å². The Kier molecular flexibility index (Phi) is 2.61. The maximum Gasteiger partial charge on any atom is 0.354 e. The topological polar surface area (TPSA) is 107 Å². The van der Waals surface area contributed by atoms with Crippen molar-refractivity contribution in [1.29, 1.82) is 0 Å². The molecule has 2 rings (SSSR count). The fourth-order valence-corrected chi connectivity index (χ4v) is 1.62. The first kappa shape index (κ1) is 10.6. The van der Waals surface area contributed by atoms with E-state index in [4.69, 9.17) is 10.2 Å². The fourth-order valence-electron chi connectivity index (χ4n) is 1.62. The number of aromatic nitrogens is 2. The second kappa shape index (κ2) is 3.93. The van der Waals surface area contributed by atoms with Crippen molar-refractivity contribution in [2.24, 2.45) is 5.92 Å². The van der Waals surface area contributed by atoms with Crippen LogP contribution in [0.25, 0.3) is 0 Å². The van der Waals surface area contributed by atoms with Crippen molar-refractivity contribution in [2.75, 3.05) is 19.7 Å². The van der Waals surface area contributed by atoms with Crippen LogP contribution in [-0.4, -0.2) is 56.7 Å². The van der Waals surface area contributed by atoms with Crippen LogP contribution in [0.3, 0.4) is 0 Å². The quantitative estimate of drug-likeness (QED) is 0.622. The lowest BCUT2D eigenvalue weighted by atomic mass is 10.0. The van der Waals surface area contributed by atoms with Crippen LogP contribution in [0.1, 0.15) is 21.0 Å². The number of H-pyrrole nitrogens is 1.